The van der Waals surface area contributed by atoms with Crippen LogP contribution in [0.1, 0.15) is 17.8 Å². The summed E-state index contributed by atoms with van der Waals surface area (Å²) in [5.41, 5.74) is 0.755. The first kappa shape index (κ1) is 12.2. The van der Waals surface area contributed by atoms with E-state index < -0.39 is 0 Å². The van der Waals surface area contributed by atoms with Gasteiger partial charge in [0.15, 0.2) is 0 Å². The molecule has 0 saturated heterocycles. The van der Waals surface area contributed by atoms with Gasteiger partial charge in [0.1, 0.15) is 15.8 Å². The molecule has 0 bridgehead atoms. The maximum absolute atomic E-state index is 13.4. The van der Waals surface area contributed by atoms with Crippen molar-refractivity contribution in [3.8, 4) is 10.6 Å². The van der Waals surface area contributed by atoms with Crippen LogP contribution < -0.4 is 5.32 Å². The van der Waals surface area contributed by atoms with Crippen molar-refractivity contribution in [3.63, 3.8) is 0 Å². The zero-order valence-corrected chi connectivity index (χ0v) is 11.9. The fraction of sp³-hybridized carbons (Fsp3) is 0.333. The second-order valence-corrected chi connectivity index (χ2v) is 6.11. The molecule has 1 fully saturated rings. The van der Waals surface area contributed by atoms with Crippen LogP contribution in [0.5, 0.6) is 0 Å². The molecule has 1 aliphatic rings. The van der Waals surface area contributed by atoms with Gasteiger partial charge in [0.2, 0.25) is 0 Å². The minimum atomic E-state index is -0.277. The summed E-state index contributed by atoms with van der Waals surface area (Å²) >= 11 is 4.74. The molecule has 3 nitrogen and oxygen atoms in total. The summed E-state index contributed by atoms with van der Waals surface area (Å²) in [7, 11) is 0. The minimum Gasteiger partial charge on any atom is -0.308 e. The zero-order valence-electron chi connectivity index (χ0n) is 9.49. The summed E-state index contributed by atoms with van der Waals surface area (Å²) in [6.07, 6.45) is 2.50. The van der Waals surface area contributed by atoms with Crippen molar-refractivity contribution < 1.29 is 4.39 Å². The van der Waals surface area contributed by atoms with Crippen molar-refractivity contribution in [2.75, 3.05) is 0 Å². The first-order chi connectivity index (χ1) is 8.74. The summed E-state index contributed by atoms with van der Waals surface area (Å²) in [5, 5.41) is 13.3. The van der Waals surface area contributed by atoms with Crippen LogP contribution >= 0.6 is 27.3 Å². The van der Waals surface area contributed by atoms with E-state index in [1.807, 2.05) is 6.07 Å². The highest BCUT2D eigenvalue weighted by molar-refractivity contribution is 9.10. The smallest absolute Gasteiger partial charge is 0.149 e. The molecule has 6 heteroatoms. The van der Waals surface area contributed by atoms with E-state index in [4.69, 9.17) is 0 Å². The molecule has 94 valence electrons. The standard InChI is InChI=1S/C12H11BrFN3S/c13-11-8(2-1-3-9(11)14)12-17-16-10(18-12)6-15-7-4-5-7/h1-3,7,15H,4-6H2. The molecule has 0 amide bonds. The minimum absolute atomic E-state index is 0.277. The number of rotatable bonds is 4. The van der Waals surface area contributed by atoms with Crippen molar-refractivity contribution in [2.24, 2.45) is 0 Å². The molecule has 1 aromatic heterocycles. The monoisotopic (exact) mass is 327 g/mol. The number of aromatic nitrogens is 2. The molecule has 3 rings (SSSR count). The van der Waals surface area contributed by atoms with Gasteiger partial charge in [-0.05, 0) is 34.8 Å². The molecule has 0 aliphatic heterocycles. The Balaban J connectivity index is 1.80. The largest absolute Gasteiger partial charge is 0.308 e. The Morgan fingerprint density at radius 2 is 2.22 bits per heavy atom. The lowest BCUT2D eigenvalue weighted by Gasteiger charge is -2.00. The van der Waals surface area contributed by atoms with Crippen molar-refractivity contribution in [2.45, 2.75) is 25.4 Å². The average Bonchev–Trinajstić information content (AvgIpc) is 3.08. The van der Waals surface area contributed by atoms with Crippen LogP contribution in [0.15, 0.2) is 22.7 Å². The molecule has 1 aliphatic carbocycles. The number of nitrogens with zero attached hydrogens (tertiary/aromatic N) is 2. The van der Waals surface area contributed by atoms with Gasteiger partial charge in [-0.15, -0.1) is 10.2 Å². The Morgan fingerprint density at radius 3 is 3.00 bits per heavy atom. The van der Waals surface area contributed by atoms with Crippen LogP contribution in [0.3, 0.4) is 0 Å². The first-order valence-corrected chi connectivity index (χ1v) is 7.35. The van der Waals surface area contributed by atoms with Crippen molar-refractivity contribution >= 4 is 27.3 Å². The number of halogens is 2. The fourth-order valence-electron chi connectivity index (χ4n) is 1.62. The normalized spacial score (nSPS) is 15.0. The quantitative estimate of drug-likeness (QED) is 0.935. The number of nitrogens with one attached hydrogen (secondary N) is 1. The van der Waals surface area contributed by atoms with Gasteiger partial charge < -0.3 is 5.32 Å². The Bertz CT molecular complexity index is 568. The zero-order chi connectivity index (χ0) is 12.5. The van der Waals surface area contributed by atoms with Gasteiger partial charge >= 0.3 is 0 Å². The second kappa shape index (κ2) is 5.03. The topological polar surface area (TPSA) is 37.8 Å². The third-order valence-corrected chi connectivity index (χ3v) is 4.53. The SMILES string of the molecule is Fc1cccc(-c2nnc(CNC3CC3)s2)c1Br. The molecule has 1 N–H and O–H groups in total. The third kappa shape index (κ3) is 2.60. The van der Waals surface area contributed by atoms with Gasteiger partial charge in [-0.25, -0.2) is 4.39 Å². The van der Waals surface area contributed by atoms with Gasteiger partial charge in [-0.1, -0.05) is 23.5 Å². The van der Waals surface area contributed by atoms with Crippen molar-refractivity contribution in [1.82, 2.24) is 15.5 Å². The molecule has 1 saturated carbocycles. The van der Waals surface area contributed by atoms with E-state index in [2.05, 4.69) is 31.4 Å². The second-order valence-electron chi connectivity index (χ2n) is 4.26. The lowest BCUT2D eigenvalue weighted by atomic mass is 10.2. The first-order valence-electron chi connectivity index (χ1n) is 5.74. The summed E-state index contributed by atoms with van der Waals surface area (Å²) in [4.78, 5) is 0. The Hall–Kier alpha value is -0.850. The fourth-order valence-corrected chi connectivity index (χ4v) is 3.03. The van der Waals surface area contributed by atoms with E-state index in [-0.39, 0.29) is 5.82 Å². The van der Waals surface area contributed by atoms with E-state index in [9.17, 15) is 4.39 Å². The number of benzene rings is 1. The molecular formula is C12H11BrFN3S. The lowest BCUT2D eigenvalue weighted by Crippen LogP contribution is -2.14. The molecule has 0 unspecified atom stereocenters. The van der Waals surface area contributed by atoms with E-state index >= 15 is 0 Å². The highest BCUT2D eigenvalue weighted by atomic mass is 79.9. The van der Waals surface area contributed by atoms with Gasteiger partial charge in [0.05, 0.1) is 4.47 Å². The Labute approximate surface area is 117 Å². The summed E-state index contributed by atoms with van der Waals surface area (Å²) < 4.78 is 13.9. The van der Waals surface area contributed by atoms with Gasteiger partial charge in [-0.2, -0.15) is 0 Å². The van der Waals surface area contributed by atoms with Crippen LogP contribution in [-0.2, 0) is 6.54 Å². The summed E-state index contributed by atoms with van der Waals surface area (Å²) in [5.74, 6) is -0.277. The van der Waals surface area contributed by atoms with E-state index in [0.717, 1.165) is 22.1 Å². The van der Waals surface area contributed by atoms with Crippen molar-refractivity contribution in [3.05, 3.63) is 33.5 Å². The summed E-state index contributed by atoms with van der Waals surface area (Å²) in [6.45, 7) is 0.745. The molecule has 1 heterocycles. The molecule has 1 aromatic carbocycles. The van der Waals surface area contributed by atoms with E-state index in [1.165, 1.54) is 30.2 Å². The van der Waals surface area contributed by atoms with Gasteiger partial charge in [-0.3, -0.25) is 0 Å². The van der Waals surface area contributed by atoms with Crippen LogP contribution in [0.25, 0.3) is 10.6 Å². The molecular weight excluding hydrogens is 317 g/mol. The average molecular weight is 328 g/mol. The van der Waals surface area contributed by atoms with E-state index in [1.54, 1.807) is 6.07 Å². The molecule has 18 heavy (non-hydrogen) atoms. The van der Waals surface area contributed by atoms with Gasteiger partial charge in [0, 0.05) is 18.2 Å². The summed E-state index contributed by atoms with van der Waals surface area (Å²) in [6, 6.07) is 5.59. The highest BCUT2D eigenvalue weighted by Gasteiger charge is 2.21. The number of hydrogen-bond donors (Lipinski definition) is 1. The molecule has 2 aromatic rings. The molecule has 0 atom stereocenters. The van der Waals surface area contributed by atoms with Gasteiger partial charge in [0.25, 0.3) is 0 Å². The van der Waals surface area contributed by atoms with Crippen LogP contribution in [0.4, 0.5) is 4.39 Å². The Kier molecular flexibility index (Phi) is 3.41. The van der Waals surface area contributed by atoms with Crippen LogP contribution in [0.2, 0.25) is 0 Å². The predicted molar refractivity (Wildman–Crippen MR) is 72.9 cm³/mol. The van der Waals surface area contributed by atoms with Crippen LogP contribution in [0, 0.1) is 5.82 Å². The maximum Gasteiger partial charge on any atom is 0.149 e. The van der Waals surface area contributed by atoms with E-state index in [0.29, 0.717) is 10.5 Å². The predicted octanol–water partition coefficient (Wildman–Crippen LogP) is 3.36. The molecule has 0 spiro atoms. The van der Waals surface area contributed by atoms with Crippen molar-refractivity contribution in [1.29, 1.82) is 0 Å². The number of hydrogen-bond acceptors (Lipinski definition) is 4. The maximum atomic E-state index is 13.4. The molecule has 0 radical (unpaired) electrons. The van der Waals surface area contributed by atoms with Crippen LogP contribution in [-0.4, -0.2) is 16.2 Å². The lowest BCUT2D eigenvalue weighted by molar-refractivity contribution is 0.621. The highest BCUT2D eigenvalue weighted by Crippen LogP contribution is 2.32. The third-order valence-electron chi connectivity index (χ3n) is 2.77. The Morgan fingerprint density at radius 1 is 1.39 bits per heavy atom.